The van der Waals surface area contributed by atoms with Crippen molar-refractivity contribution in [2.24, 2.45) is 0 Å². The Kier molecular flexibility index (Phi) is 8.22. The van der Waals surface area contributed by atoms with Crippen LogP contribution in [-0.4, -0.2) is 42.0 Å². The summed E-state index contributed by atoms with van der Waals surface area (Å²) in [6.45, 7) is 3.50. The van der Waals surface area contributed by atoms with Crippen molar-refractivity contribution in [1.29, 1.82) is 0 Å². The van der Waals surface area contributed by atoms with E-state index in [0.717, 1.165) is 42.3 Å². The van der Waals surface area contributed by atoms with E-state index in [-0.39, 0.29) is 30.7 Å². The molecule has 1 amide bonds. The molecule has 1 unspecified atom stereocenters. The third kappa shape index (κ3) is 4.72. The fourth-order valence-electron chi connectivity index (χ4n) is 2.79. The third-order valence-electron chi connectivity index (χ3n) is 4.13. The smallest absolute Gasteiger partial charge is 0.236 e. The summed E-state index contributed by atoms with van der Waals surface area (Å²) in [5.41, 5.74) is 0.750. The molecule has 1 saturated heterocycles. The van der Waals surface area contributed by atoms with Gasteiger partial charge < -0.3 is 14.6 Å². The lowest BCUT2D eigenvalue weighted by atomic mass is 10.1. The number of hydrogen-bond donors (Lipinski definition) is 1. The van der Waals surface area contributed by atoms with Crippen LogP contribution in [0.1, 0.15) is 24.3 Å². The average Bonchev–Trinajstić information content (AvgIpc) is 3.18. The normalized spacial score (nSPS) is 17.1. The molecule has 0 radical (unpaired) electrons. The monoisotopic (exact) mass is 391 g/mol. The van der Waals surface area contributed by atoms with Gasteiger partial charge in [-0.25, -0.2) is 4.98 Å². The first kappa shape index (κ1) is 21.0. The maximum absolute atomic E-state index is 12.5. The number of aromatic nitrogens is 1. The fourth-order valence-corrected chi connectivity index (χ4v) is 3.44. The number of hydrogen-bond acceptors (Lipinski definition) is 5. The molecule has 2 aromatic heterocycles. The lowest BCUT2D eigenvalue weighted by Crippen LogP contribution is -2.47. The van der Waals surface area contributed by atoms with Crippen molar-refractivity contribution in [2.45, 2.75) is 32.2 Å². The zero-order valence-corrected chi connectivity index (χ0v) is 16.2. The number of thiophene rings is 1. The Morgan fingerprint density at radius 1 is 1.50 bits per heavy atom. The van der Waals surface area contributed by atoms with E-state index in [1.54, 1.807) is 11.3 Å². The molecule has 1 N–H and O–H groups in total. The average molecular weight is 392 g/mol. The van der Waals surface area contributed by atoms with Crippen molar-refractivity contribution in [1.82, 2.24) is 15.2 Å². The van der Waals surface area contributed by atoms with Crippen molar-refractivity contribution in [3.8, 4) is 10.8 Å². The van der Waals surface area contributed by atoms with E-state index in [9.17, 15) is 4.79 Å². The van der Waals surface area contributed by atoms with Crippen LogP contribution in [0, 0.1) is 6.92 Å². The highest BCUT2D eigenvalue weighted by atomic mass is 35.5. The third-order valence-corrected chi connectivity index (χ3v) is 4.98. The molecule has 1 aliphatic heterocycles. The molecule has 0 aliphatic carbocycles. The first-order valence-corrected chi connectivity index (χ1v) is 8.50. The Bertz CT molecular complexity index is 646. The molecule has 24 heavy (non-hydrogen) atoms. The maximum atomic E-state index is 12.5. The molecule has 0 saturated carbocycles. The maximum Gasteiger partial charge on any atom is 0.236 e. The number of nitrogens with one attached hydrogen (secondary N) is 1. The molecule has 2 aromatic rings. The minimum atomic E-state index is 0. The van der Waals surface area contributed by atoms with Crippen LogP contribution in [0.5, 0.6) is 0 Å². The summed E-state index contributed by atoms with van der Waals surface area (Å²) in [5.74, 6) is 1.48. The van der Waals surface area contributed by atoms with Gasteiger partial charge in [0.1, 0.15) is 5.76 Å². The summed E-state index contributed by atoms with van der Waals surface area (Å²) in [7, 11) is 1.95. The van der Waals surface area contributed by atoms with Crippen LogP contribution in [0.3, 0.4) is 0 Å². The minimum absolute atomic E-state index is 0. The van der Waals surface area contributed by atoms with E-state index < -0.39 is 0 Å². The van der Waals surface area contributed by atoms with Crippen LogP contribution in [0.15, 0.2) is 21.9 Å². The van der Waals surface area contributed by atoms with E-state index in [1.165, 1.54) is 0 Å². The van der Waals surface area contributed by atoms with E-state index in [4.69, 9.17) is 4.42 Å². The Morgan fingerprint density at radius 3 is 2.96 bits per heavy atom. The van der Waals surface area contributed by atoms with Gasteiger partial charge in [0.05, 0.1) is 17.0 Å². The second-order valence-corrected chi connectivity index (χ2v) is 6.59. The SMILES string of the molecule is CNC1CCCN(C(=O)Cc2nc(-c3cccs3)oc2C)C1.Cl.Cl. The van der Waals surface area contributed by atoms with Crippen molar-refractivity contribution in [2.75, 3.05) is 20.1 Å². The minimum Gasteiger partial charge on any atom is -0.440 e. The Hall–Kier alpha value is -1.08. The van der Waals surface area contributed by atoms with Crippen LogP contribution in [0.2, 0.25) is 0 Å². The molecule has 1 aliphatic rings. The highest BCUT2D eigenvalue weighted by Crippen LogP contribution is 2.26. The molecule has 3 rings (SSSR count). The highest BCUT2D eigenvalue weighted by Gasteiger charge is 2.24. The number of likely N-dealkylation sites (N-methyl/N-ethyl adjacent to an activating group) is 1. The van der Waals surface area contributed by atoms with E-state index >= 15 is 0 Å². The summed E-state index contributed by atoms with van der Waals surface area (Å²) in [5, 5.41) is 5.25. The number of aryl methyl sites for hydroxylation is 1. The molecule has 3 heterocycles. The highest BCUT2D eigenvalue weighted by molar-refractivity contribution is 7.13. The first-order chi connectivity index (χ1) is 10.7. The Balaban J connectivity index is 0.00000144. The van der Waals surface area contributed by atoms with Crippen molar-refractivity contribution in [3.63, 3.8) is 0 Å². The number of carbonyl (C=O) groups is 1. The quantitative estimate of drug-likeness (QED) is 0.868. The number of likely N-dealkylation sites (tertiary alicyclic amines) is 1. The molecular formula is C16H23Cl2N3O2S. The topological polar surface area (TPSA) is 58.4 Å². The first-order valence-electron chi connectivity index (χ1n) is 7.62. The van der Waals surface area contributed by atoms with E-state index in [1.807, 2.05) is 36.4 Å². The van der Waals surface area contributed by atoms with Gasteiger partial charge in [0.15, 0.2) is 0 Å². The van der Waals surface area contributed by atoms with Crippen molar-refractivity contribution >= 4 is 42.1 Å². The predicted octanol–water partition coefficient (Wildman–Crippen LogP) is 3.31. The summed E-state index contributed by atoms with van der Waals surface area (Å²) in [4.78, 5) is 19.9. The molecule has 0 bridgehead atoms. The number of carbonyl (C=O) groups excluding carboxylic acids is 1. The van der Waals surface area contributed by atoms with Crippen LogP contribution in [0.4, 0.5) is 0 Å². The van der Waals surface area contributed by atoms with Crippen LogP contribution in [0.25, 0.3) is 10.8 Å². The zero-order valence-electron chi connectivity index (χ0n) is 13.8. The van der Waals surface area contributed by atoms with Gasteiger partial charge >= 0.3 is 0 Å². The fraction of sp³-hybridized carbons (Fsp3) is 0.500. The molecule has 0 spiro atoms. The zero-order chi connectivity index (χ0) is 15.5. The second kappa shape index (κ2) is 9.42. The number of oxazole rings is 1. The summed E-state index contributed by atoms with van der Waals surface area (Å²) < 4.78 is 5.71. The second-order valence-electron chi connectivity index (χ2n) is 5.64. The van der Waals surface area contributed by atoms with Gasteiger partial charge in [0, 0.05) is 19.1 Å². The largest absolute Gasteiger partial charge is 0.440 e. The number of halogens is 2. The van der Waals surface area contributed by atoms with Crippen LogP contribution >= 0.6 is 36.2 Å². The summed E-state index contributed by atoms with van der Waals surface area (Å²) in [6.07, 6.45) is 2.50. The van der Waals surface area contributed by atoms with Crippen LogP contribution in [-0.2, 0) is 11.2 Å². The van der Waals surface area contributed by atoms with Gasteiger partial charge in [-0.05, 0) is 38.3 Å². The lowest BCUT2D eigenvalue weighted by molar-refractivity contribution is -0.131. The van der Waals surface area contributed by atoms with E-state index in [0.29, 0.717) is 18.4 Å². The van der Waals surface area contributed by atoms with E-state index in [2.05, 4.69) is 10.3 Å². The number of amides is 1. The van der Waals surface area contributed by atoms with Gasteiger partial charge in [-0.1, -0.05) is 6.07 Å². The summed E-state index contributed by atoms with van der Waals surface area (Å²) >= 11 is 1.59. The van der Waals surface area contributed by atoms with Gasteiger partial charge in [0.25, 0.3) is 0 Å². The Labute approximate surface area is 158 Å². The summed E-state index contributed by atoms with van der Waals surface area (Å²) in [6, 6.07) is 4.34. The molecule has 0 aromatic carbocycles. The van der Waals surface area contributed by atoms with Gasteiger partial charge in [-0.15, -0.1) is 36.2 Å². The number of nitrogens with zero attached hydrogens (tertiary/aromatic N) is 2. The molecule has 1 fully saturated rings. The van der Waals surface area contributed by atoms with Gasteiger partial charge in [0.2, 0.25) is 11.8 Å². The lowest BCUT2D eigenvalue weighted by Gasteiger charge is -2.32. The molecule has 134 valence electrons. The molecule has 1 atom stereocenters. The molecular weight excluding hydrogens is 369 g/mol. The Morgan fingerprint density at radius 2 is 2.29 bits per heavy atom. The van der Waals surface area contributed by atoms with Gasteiger partial charge in [-0.2, -0.15) is 0 Å². The van der Waals surface area contributed by atoms with Crippen molar-refractivity contribution < 1.29 is 9.21 Å². The standard InChI is InChI=1S/C16H21N3O2S.2ClH/c1-11-13(18-16(21-11)14-6-4-8-22-14)9-15(20)19-7-3-5-12(10-19)17-2;;/h4,6,8,12,17H,3,5,7,9-10H2,1-2H3;2*1H. The number of rotatable bonds is 4. The van der Waals surface area contributed by atoms with Crippen LogP contribution < -0.4 is 5.32 Å². The van der Waals surface area contributed by atoms with Gasteiger partial charge in [-0.3, -0.25) is 4.79 Å². The van der Waals surface area contributed by atoms with Crippen molar-refractivity contribution in [3.05, 3.63) is 29.0 Å². The predicted molar refractivity (Wildman–Crippen MR) is 101 cm³/mol. The number of piperidine rings is 1. The molecule has 5 nitrogen and oxygen atoms in total. The molecule has 8 heteroatoms.